The fourth-order valence-electron chi connectivity index (χ4n) is 1.69. The maximum atomic E-state index is 8.91. The first-order valence-electron chi connectivity index (χ1n) is 4.38. The molecule has 0 aromatic heterocycles. The van der Waals surface area contributed by atoms with Gasteiger partial charge in [0.15, 0.2) is 0 Å². The van der Waals surface area contributed by atoms with Crippen molar-refractivity contribution >= 4 is 7.12 Å². The first-order valence-corrected chi connectivity index (χ1v) is 4.38. The van der Waals surface area contributed by atoms with E-state index in [0.29, 0.717) is 6.61 Å². The summed E-state index contributed by atoms with van der Waals surface area (Å²) in [5.41, 5.74) is 0. The highest BCUT2D eigenvalue weighted by Crippen LogP contribution is 2.28. The van der Waals surface area contributed by atoms with Crippen molar-refractivity contribution in [2.75, 3.05) is 13.2 Å². The number of fused-ring (bicyclic) bond motifs is 1. The predicted octanol–water partition coefficient (Wildman–Crippen LogP) is -0.330. The lowest BCUT2D eigenvalue weighted by atomic mass is 9.87. The van der Waals surface area contributed by atoms with Crippen LogP contribution < -0.4 is 0 Å². The zero-order valence-electron chi connectivity index (χ0n) is 7.10. The molecule has 12 heavy (non-hydrogen) atoms. The minimum Gasteiger partial charge on any atom is -0.403 e. The van der Waals surface area contributed by atoms with Gasteiger partial charge in [0.2, 0.25) is 0 Å². The molecular formula is C7H13BO4. The lowest BCUT2D eigenvalue weighted by Gasteiger charge is -2.13. The van der Waals surface area contributed by atoms with Gasteiger partial charge in [0.05, 0.1) is 25.4 Å². The molecule has 0 amide bonds. The standard InChI is InChI=1S/C7H13BO4/c1-2-8-11-6-4-10-5(3-9)7(6)12-8/h5-7,9H,2-4H2,1H3. The van der Waals surface area contributed by atoms with Crippen LogP contribution in [0.1, 0.15) is 6.92 Å². The molecular weight excluding hydrogens is 159 g/mol. The van der Waals surface area contributed by atoms with E-state index in [9.17, 15) is 0 Å². The molecule has 0 aromatic rings. The topological polar surface area (TPSA) is 47.9 Å². The average molecular weight is 172 g/mol. The molecule has 2 aliphatic heterocycles. The Balaban J connectivity index is 1.96. The van der Waals surface area contributed by atoms with Crippen LogP contribution in [0.2, 0.25) is 6.32 Å². The normalized spacial score (nSPS) is 40.5. The van der Waals surface area contributed by atoms with E-state index in [1.807, 2.05) is 6.92 Å². The second-order valence-electron chi connectivity index (χ2n) is 3.17. The first-order chi connectivity index (χ1) is 5.85. The number of hydrogen-bond donors (Lipinski definition) is 1. The molecule has 2 aliphatic rings. The molecule has 68 valence electrons. The van der Waals surface area contributed by atoms with Gasteiger partial charge < -0.3 is 19.2 Å². The molecule has 2 fully saturated rings. The summed E-state index contributed by atoms with van der Waals surface area (Å²) in [6, 6.07) is 0. The monoisotopic (exact) mass is 172 g/mol. The maximum absolute atomic E-state index is 8.91. The van der Waals surface area contributed by atoms with Gasteiger partial charge in [-0.05, 0) is 6.32 Å². The van der Waals surface area contributed by atoms with Crippen LogP contribution in [-0.2, 0) is 14.0 Å². The zero-order valence-corrected chi connectivity index (χ0v) is 7.10. The Morgan fingerprint density at radius 1 is 1.50 bits per heavy atom. The van der Waals surface area contributed by atoms with Gasteiger partial charge in [-0.3, -0.25) is 0 Å². The number of aliphatic hydroxyl groups excluding tert-OH is 1. The molecule has 5 heteroatoms. The van der Waals surface area contributed by atoms with E-state index in [1.165, 1.54) is 0 Å². The van der Waals surface area contributed by atoms with Crippen molar-refractivity contribution in [1.29, 1.82) is 0 Å². The summed E-state index contributed by atoms with van der Waals surface area (Å²) in [7, 11) is -0.0991. The van der Waals surface area contributed by atoms with Crippen LogP contribution in [0.25, 0.3) is 0 Å². The fourth-order valence-corrected chi connectivity index (χ4v) is 1.69. The number of hydrogen-bond acceptors (Lipinski definition) is 4. The molecule has 2 heterocycles. The Hall–Kier alpha value is -0.0951. The number of ether oxygens (including phenoxy) is 1. The highest BCUT2D eigenvalue weighted by molar-refractivity contribution is 6.45. The molecule has 3 unspecified atom stereocenters. The van der Waals surface area contributed by atoms with Gasteiger partial charge in [0, 0.05) is 0 Å². The molecule has 2 saturated heterocycles. The van der Waals surface area contributed by atoms with Gasteiger partial charge in [-0.25, -0.2) is 0 Å². The molecule has 0 saturated carbocycles. The van der Waals surface area contributed by atoms with E-state index in [2.05, 4.69) is 0 Å². The van der Waals surface area contributed by atoms with E-state index < -0.39 is 0 Å². The second-order valence-corrected chi connectivity index (χ2v) is 3.17. The van der Waals surface area contributed by atoms with Crippen LogP contribution in [0.15, 0.2) is 0 Å². The van der Waals surface area contributed by atoms with E-state index in [4.69, 9.17) is 19.2 Å². The third-order valence-electron chi connectivity index (χ3n) is 2.36. The van der Waals surface area contributed by atoms with E-state index in [0.717, 1.165) is 6.32 Å². The van der Waals surface area contributed by atoms with Crippen LogP contribution in [0, 0.1) is 0 Å². The van der Waals surface area contributed by atoms with Crippen molar-refractivity contribution in [3.8, 4) is 0 Å². The first kappa shape index (κ1) is 8.50. The van der Waals surface area contributed by atoms with Crippen molar-refractivity contribution in [3.63, 3.8) is 0 Å². The predicted molar refractivity (Wildman–Crippen MR) is 42.8 cm³/mol. The molecule has 1 N–H and O–H groups in total. The Labute approximate surface area is 71.9 Å². The molecule has 3 atom stereocenters. The van der Waals surface area contributed by atoms with Crippen LogP contribution in [0.5, 0.6) is 0 Å². The summed E-state index contributed by atoms with van der Waals surface area (Å²) in [5, 5.41) is 8.91. The highest BCUT2D eigenvalue weighted by Gasteiger charge is 2.47. The SMILES string of the molecule is CCB1OC2COC(CO)C2O1. The van der Waals surface area contributed by atoms with E-state index >= 15 is 0 Å². The maximum Gasteiger partial charge on any atom is 0.457 e. The molecule has 4 nitrogen and oxygen atoms in total. The van der Waals surface area contributed by atoms with Gasteiger partial charge in [0.1, 0.15) is 6.10 Å². The van der Waals surface area contributed by atoms with Crippen LogP contribution in [-0.4, -0.2) is 43.8 Å². The molecule has 0 bridgehead atoms. The second kappa shape index (κ2) is 3.34. The quantitative estimate of drug-likeness (QED) is 0.579. The molecule has 2 rings (SSSR count). The van der Waals surface area contributed by atoms with Crippen LogP contribution >= 0.6 is 0 Å². The Bertz CT molecular complexity index is 165. The summed E-state index contributed by atoms with van der Waals surface area (Å²) in [5.74, 6) is 0. The van der Waals surface area contributed by atoms with Gasteiger partial charge >= 0.3 is 7.12 Å². The molecule has 0 aromatic carbocycles. The fraction of sp³-hybridized carbons (Fsp3) is 1.00. The van der Waals surface area contributed by atoms with Crippen molar-refractivity contribution in [3.05, 3.63) is 0 Å². The van der Waals surface area contributed by atoms with Crippen LogP contribution in [0.4, 0.5) is 0 Å². The smallest absolute Gasteiger partial charge is 0.403 e. The van der Waals surface area contributed by atoms with E-state index in [-0.39, 0.29) is 32.0 Å². The summed E-state index contributed by atoms with van der Waals surface area (Å²) in [6.07, 6.45) is 0.643. The van der Waals surface area contributed by atoms with Gasteiger partial charge in [0.25, 0.3) is 0 Å². The summed E-state index contributed by atoms with van der Waals surface area (Å²) in [6.45, 7) is 2.58. The Morgan fingerprint density at radius 2 is 2.33 bits per heavy atom. The summed E-state index contributed by atoms with van der Waals surface area (Å²) in [4.78, 5) is 0. The summed E-state index contributed by atoms with van der Waals surface area (Å²) >= 11 is 0. The van der Waals surface area contributed by atoms with Crippen molar-refractivity contribution in [2.24, 2.45) is 0 Å². The lowest BCUT2D eigenvalue weighted by molar-refractivity contribution is 0.0112. The molecule has 0 radical (unpaired) electrons. The third kappa shape index (κ3) is 1.27. The van der Waals surface area contributed by atoms with Crippen molar-refractivity contribution < 1.29 is 19.2 Å². The summed E-state index contributed by atoms with van der Waals surface area (Å²) < 4.78 is 16.3. The number of rotatable bonds is 2. The molecule has 0 spiro atoms. The third-order valence-corrected chi connectivity index (χ3v) is 2.36. The minimum atomic E-state index is -0.188. The Kier molecular flexibility index (Phi) is 2.36. The van der Waals surface area contributed by atoms with Crippen LogP contribution in [0.3, 0.4) is 0 Å². The zero-order chi connectivity index (χ0) is 8.55. The lowest BCUT2D eigenvalue weighted by Crippen LogP contribution is -2.30. The highest BCUT2D eigenvalue weighted by atomic mass is 16.7. The number of aliphatic hydroxyl groups is 1. The van der Waals surface area contributed by atoms with Crippen molar-refractivity contribution in [2.45, 2.75) is 31.6 Å². The van der Waals surface area contributed by atoms with Crippen molar-refractivity contribution in [1.82, 2.24) is 0 Å². The largest absolute Gasteiger partial charge is 0.457 e. The van der Waals surface area contributed by atoms with E-state index in [1.54, 1.807) is 0 Å². The van der Waals surface area contributed by atoms with Gasteiger partial charge in [-0.15, -0.1) is 0 Å². The molecule has 0 aliphatic carbocycles. The van der Waals surface area contributed by atoms with Gasteiger partial charge in [-0.2, -0.15) is 0 Å². The average Bonchev–Trinajstić information content (AvgIpc) is 2.61. The minimum absolute atomic E-state index is 0.0148. The Morgan fingerprint density at radius 3 is 3.00 bits per heavy atom. The van der Waals surface area contributed by atoms with Gasteiger partial charge in [-0.1, -0.05) is 6.92 Å².